The lowest BCUT2D eigenvalue weighted by Gasteiger charge is -1.99. The van der Waals surface area contributed by atoms with Crippen LogP contribution in [-0.4, -0.2) is 23.6 Å². The Balaban J connectivity index is 3.06. The monoisotopic (exact) mass is 209 g/mol. The first-order chi connectivity index (χ1) is 7.16. The Bertz CT molecular complexity index is 390. The summed E-state index contributed by atoms with van der Waals surface area (Å²) in [7, 11) is 1.53. The van der Waals surface area contributed by atoms with E-state index in [1.807, 2.05) is 0 Å². The van der Waals surface area contributed by atoms with Crippen molar-refractivity contribution in [3.8, 4) is 0 Å². The predicted octanol–water partition coefficient (Wildman–Crippen LogP) is 1.23. The maximum Gasteiger partial charge on any atom is 0.317 e. The van der Waals surface area contributed by atoms with Gasteiger partial charge in [0.1, 0.15) is 11.4 Å². The fourth-order valence-corrected chi connectivity index (χ4v) is 1.06. The topological polar surface area (TPSA) is 91.3 Å². The highest BCUT2D eigenvalue weighted by atomic mass is 16.6. The third kappa shape index (κ3) is 2.75. The zero-order valence-electron chi connectivity index (χ0n) is 8.21. The highest BCUT2D eigenvalue weighted by molar-refractivity contribution is 5.68. The van der Waals surface area contributed by atoms with Gasteiger partial charge >= 0.3 is 5.69 Å². The molecule has 0 atom stereocenters. The predicted molar refractivity (Wildman–Crippen MR) is 56.2 cm³/mol. The Labute approximate surface area is 86.5 Å². The van der Waals surface area contributed by atoms with Gasteiger partial charge in [-0.15, -0.1) is 0 Å². The first kappa shape index (κ1) is 11.1. The molecular weight excluding hydrogens is 198 g/mol. The van der Waals surface area contributed by atoms with Crippen LogP contribution in [0.2, 0.25) is 0 Å². The van der Waals surface area contributed by atoms with Gasteiger partial charge in [0, 0.05) is 13.3 Å². The maximum absolute atomic E-state index is 10.7. The molecule has 0 amide bonds. The Morgan fingerprint density at radius 1 is 1.73 bits per heavy atom. The lowest BCUT2D eigenvalue weighted by atomic mass is 10.2. The minimum atomic E-state index is -0.547. The summed E-state index contributed by atoms with van der Waals surface area (Å²) in [6.07, 6.45) is 4.57. The number of hydrogen-bond acceptors (Lipinski definition) is 5. The Kier molecular flexibility index (Phi) is 3.75. The first-order valence-corrected chi connectivity index (χ1v) is 4.21. The zero-order chi connectivity index (χ0) is 11.3. The van der Waals surface area contributed by atoms with Crippen LogP contribution >= 0.6 is 0 Å². The van der Waals surface area contributed by atoms with Crippen molar-refractivity contribution in [1.82, 2.24) is 4.98 Å². The average Bonchev–Trinajstić information content (AvgIpc) is 2.17. The van der Waals surface area contributed by atoms with Crippen molar-refractivity contribution in [3.05, 3.63) is 34.1 Å². The van der Waals surface area contributed by atoms with Crippen LogP contribution in [0, 0.1) is 10.1 Å². The number of nitro groups is 1. The zero-order valence-corrected chi connectivity index (χ0v) is 8.21. The molecule has 0 saturated carbocycles. The van der Waals surface area contributed by atoms with Crippen LogP contribution in [0.1, 0.15) is 5.69 Å². The fourth-order valence-electron chi connectivity index (χ4n) is 1.06. The number of nitrogens with zero attached hydrogens (tertiary/aromatic N) is 2. The first-order valence-electron chi connectivity index (χ1n) is 4.21. The summed E-state index contributed by atoms with van der Waals surface area (Å²) in [5.41, 5.74) is 5.64. The summed E-state index contributed by atoms with van der Waals surface area (Å²) in [6, 6.07) is 1.39. The second-order valence-corrected chi connectivity index (χ2v) is 2.75. The lowest BCUT2D eigenvalue weighted by molar-refractivity contribution is -0.384. The van der Waals surface area contributed by atoms with Gasteiger partial charge in [0.2, 0.25) is 0 Å². The number of anilines is 1. The van der Waals surface area contributed by atoms with E-state index in [0.717, 1.165) is 0 Å². The molecule has 80 valence electrons. The molecule has 6 heteroatoms. The molecule has 0 spiro atoms. The number of nitrogens with two attached hydrogens (primary N) is 1. The minimum Gasteiger partial charge on any atom is -0.393 e. The Morgan fingerprint density at radius 2 is 2.47 bits per heavy atom. The van der Waals surface area contributed by atoms with E-state index in [1.54, 1.807) is 6.08 Å². The van der Waals surface area contributed by atoms with Crippen LogP contribution in [0.15, 0.2) is 18.3 Å². The molecule has 0 aliphatic rings. The molecule has 1 heterocycles. The molecular formula is C9H11N3O3. The summed E-state index contributed by atoms with van der Waals surface area (Å²) >= 11 is 0. The number of methoxy groups -OCH3 is 1. The van der Waals surface area contributed by atoms with E-state index in [0.29, 0.717) is 6.61 Å². The van der Waals surface area contributed by atoms with Crippen molar-refractivity contribution in [1.29, 1.82) is 0 Å². The van der Waals surface area contributed by atoms with Gasteiger partial charge in [0.05, 0.1) is 11.5 Å². The normalized spacial score (nSPS) is 10.7. The SMILES string of the molecule is COCC=Cc1nccc(N)c1[N+](=O)[O-]. The number of hydrogen-bond donors (Lipinski definition) is 1. The van der Waals surface area contributed by atoms with Gasteiger partial charge < -0.3 is 10.5 Å². The second-order valence-electron chi connectivity index (χ2n) is 2.75. The van der Waals surface area contributed by atoms with Crippen molar-refractivity contribution >= 4 is 17.5 Å². The van der Waals surface area contributed by atoms with Crippen LogP contribution < -0.4 is 5.73 Å². The van der Waals surface area contributed by atoms with Crippen molar-refractivity contribution in [2.75, 3.05) is 19.5 Å². The van der Waals surface area contributed by atoms with Gasteiger partial charge in [-0.3, -0.25) is 10.1 Å². The average molecular weight is 209 g/mol. The van der Waals surface area contributed by atoms with E-state index in [-0.39, 0.29) is 17.1 Å². The van der Waals surface area contributed by atoms with Crippen molar-refractivity contribution in [2.24, 2.45) is 0 Å². The standard InChI is InChI=1S/C9H11N3O3/c1-15-6-2-3-8-9(12(13)14)7(10)4-5-11-8/h2-5H,6H2,1H3,(H2,10,11). The van der Waals surface area contributed by atoms with E-state index < -0.39 is 4.92 Å². The number of nitrogen functional groups attached to an aromatic ring is 1. The van der Waals surface area contributed by atoms with Gasteiger partial charge in [0.15, 0.2) is 0 Å². The third-order valence-corrected chi connectivity index (χ3v) is 1.70. The van der Waals surface area contributed by atoms with E-state index in [9.17, 15) is 10.1 Å². The van der Waals surface area contributed by atoms with Crippen molar-refractivity contribution in [2.45, 2.75) is 0 Å². The molecule has 0 aliphatic carbocycles. The van der Waals surface area contributed by atoms with E-state index in [4.69, 9.17) is 10.5 Å². The Morgan fingerprint density at radius 3 is 3.07 bits per heavy atom. The summed E-state index contributed by atoms with van der Waals surface area (Å²) in [5.74, 6) is 0. The largest absolute Gasteiger partial charge is 0.393 e. The smallest absolute Gasteiger partial charge is 0.317 e. The maximum atomic E-state index is 10.7. The highest BCUT2D eigenvalue weighted by Crippen LogP contribution is 2.24. The quantitative estimate of drug-likeness (QED) is 0.594. The number of rotatable bonds is 4. The molecule has 1 rings (SSSR count). The van der Waals surface area contributed by atoms with Gasteiger partial charge in [-0.25, -0.2) is 4.98 Å². The Hall–Kier alpha value is -1.95. The molecule has 0 aromatic carbocycles. The summed E-state index contributed by atoms with van der Waals surface area (Å²) in [6.45, 7) is 0.369. The number of ether oxygens (including phenoxy) is 1. The lowest BCUT2D eigenvalue weighted by Crippen LogP contribution is -1.99. The third-order valence-electron chi connectivity index (χ3n) is 1.70. The second kappa shape index (κ2) is 5.06. The molecule has 1 aromatic rings. The molecule has 0 unspecified atom stereocenters. The number of pyridine rings is 1. The summed E-state index contributed by atoms with van der Waals surface area (Å²) in [5, 5.41) is 10.7. The van der Waals surface area contributed by atoms with Crippen molar-refractivity contribution < 1.29 is 9.66 Å². The number of aromatic nitrogens is 1. The van der Waals surface area contributed by atoms with Gasteiger partial charge in [-0.2, -0.15) is 0 Å². The van der Waals surface area contributed by atoms with E-state index >= 15 is 0 Å². The van der Waals surface area contributed by atoms with Crippen molar-refractivity contribution in [3.63, 3.8) is 0 Å². The molecule has 1 aromatic heterocycles. The molecule has 0 saturated heterocycles. The van der Waals surface area contributed by atoms with Gasteiger partial charge in [0.25, 0.3) is 0 Å². The molecule has 0 bridgehead atoms. The van der Waals surface area contributed by atoms with Crippen LogP contribution in [0.4, 0.5) is 11.4 Å². The van der Waals surface area contributed by atoms with Crippen LogP contribution in [-0.2, 0) is 4.74 Å². The molecule has 15 heavy (non-hydrogen) atoms. The minimum absolute atomic E-state index is 0.104. The van der Waals surface area contributed by atoms with Crippen LogP contribution in [0.3, 0.4) is 0 Å². The summed E-state index contributed by atoms with van der Waals surface area (Å²) < 4.78 is 4.78. The van der Waals surface area contributed by atoms with E-state index in [1.165, 1.54) is 25.4 Å². The van der Waals surface area contributed by atoms with Gasteiger partial charge in [-0.05, 0) is 12.1 Å². The van der Waals surface area contributed by atoms with E-state index in [2.05, 4.69) is 4.98 Å². The molecule has 2 N–H and O–H groups in total. The molecule has 0 aliphatic heterocycles. The fraction of sp³-hybridized carbons (Fsp3) is 0.222. The summed E-state index contributed by atoms with van der Waals surface area (Å²) in [4.78, 5) is 14.0. The van der Waals surface area contributed by atoms with Gasteiger partial charge in [-0.1, -0.05) is 6.08 Å². The molecule has 6 nitrogen and oxygen atoms in total. The highest BCUT2D eigenvalue weighted by Gasteiger charge is 2.16. The van der Waals surface area contributed by atoms with Crippen LogP contribution in [0.5, 0.6) is 0 Å². The molecule has 0 fully saturated rings. The van der Waals surface area contributed by atoms with Crippen LogP contribution in [0.25, 0.3) is 6.08 Å². The molecule has 0 radical (unpaired) electrons.